The molecule has 0 amide bonds. The molecule has 0 saturated heterocycles. The van der Waals surface area contributed by atoms with Crippen molar-refractivity contribution in [1.29, 1.82) is 0 Å². The third kappa shape index (κ3) is 1.65. The van der Waals surface area contributed by atoms with Gasteiger partial charge in [-0.25, -0.2) is 4.63 Å². The Balaban J connectivity index is 1.71. The van der Waals surface area contributed by atoms with E-state index in [0.29, 0.717) is 12.5 Å². The van der Waals surface area contributed by atoms with Gasteiger partial charge in [0.15, 0.2) is 11.5 Å². The lowest BCUT2D eigenvalue weighted by Crippen LogP contribution is -1.95. The molecular formula is C10H8N2O4. The molecular weight excluding hydrogens is 212 g/mol. The standard InChI is InChI=1S/C10H8N2O4/c1-2-8-9(15-6-14-8)3-7(1)5-13-10-4-11-16-12-10/h1-4H,5-6H2. The second-order valence-corrected chi connectivity index (χ2v) is 3.22. The van der Waals surface area contributed by atoms with Crippen LogP contribution in [0.1, 0.15) is 5.56 Å². The van der Waals surface area contributed by atoms with Gasteiger partial charge in [0.05, 0.1) is 0 Å². The molecule has 0 fully saturated rings. The second kappa shape index (κ2) is 3.73. The molecule has 1 aliphatic rings. The molecule has 0 bridgehead atoms. The summed E-state index contributed by atoms with van der Waals surface area (Å²) in [6.07, 6.45) is 1.41. The van der Waals surface area contributed by atoms with Crippen molar-refractivity contribution < 1.29 is 18.8 Å². The van der Waals surface area contributed by atoms with Gasteiger partial charge >= 0.3 is 0 Å². The minimum Gasteiger partial charge on any atom is -0.469 e. The van der Waals surface area contributed by atoms with Crippen LogP contribution in [0.2, 0.25) is 0 Å². The third-order valence-corrected chi connectivity index (χ3v) is 2.16. The Kier molecular flexibility index (Phi) is 2.10. The topological polar surface area (TPSA) is 66.6 Å². The highest BCUT2D eigenvalue weighted by Gasteiger charge is 2.13. The average Bonchev–Trinajstić information content (AvgIpc) is 2.97. The Morgan fingerprint density at radius 3 is 3.06 bits per heavy atom. The quantitative estimate of drug-likeness (QED) is 0.778. The van der Waals surface area contributed by atoms with Crippen molar-refractivity contribution in [2.45, 2.75) is 6.61 Å². The Bertz CT molecular complexity index is 484. The van der Waals surface area contributed by atoms with Crippen LogP contribution in [0, 0.1) is 0 Å². The molecule has 1 aromatic heterocycles. The summed E-state index contributed by atoms with van der Waals surface area (Å²) in [6, 6.07) is 5.62. The van der Waals surface area contributed by atoms with Crippen LogP contribution in [0.3, 0.4) is 0 Å². The fourth-order valence-corrected chi connectivity index (χ4v) is 1.41. The van der Waals surface area contributed by atoms with E-state index in [2.05, 4.69) is 14.9 Å². The van der Waals surface area contributed by atoms with E-state index in [1.54, 1.807) is 0 Å². The van der Waals surface area contributed by atoms with Crippen molar-refractivity contribution in [3.05, 3.63) is 30.0 Å². The molecule has 6 heteroatoms. The van der Waals surface area contributed by atoms with Crippen molar-refractivity contribution >= 4 is 0 Å². The highest BCUT2D eigenvalue weighted by atomic mass is 16.7. The second-order valence-electron chi connectivity index (χ2n) is 3.22. The molecule has 2 heterocycles. The summed E-state index contributed by atoms with van der Waals surface area (Å²) in [6.45, 7) is 0.650. The van der Waals surface area contributed by atoms with Gasteiger partial charge in [-0.05, 0) is 22.9 Å². The van der Waals surface area contributed by atoms with Gasteiger partial charge in [0.1, 0.15) is 12.8 Å². The van der Waals surface area contributed by atoms with Crippen molar-refractivity contribution in [2.24, 2.45) is 0 Å². The van der Waals surface area contributed by atoms with Crippen LogP contribution < -0.4 is 14.2 Å². The first-order chi connectivity index (χ1) is 7.92. The molecule has 0 atom stereocenters. The number of fused-ring (bicyclic) bond motifs is 1. The molecule has 0 saturated carbocycles. The Labute approximate surface area is 90.7 Å². The smallest absolute Gasteiger partial charge is 0.276 e. The molecule has 0 spiro atoms. The van der Waals surface area contributed by atoms with Crippen molar-refractivity contribution in [1.82, 2.24) is 10.3 Å². The van der Waals surface area contributed by atoms with E-state index in [9.17, 15) is 0 Å². The van der Waals surface area contributed by atoms with Gasteiger partial charge in [-0.15, -0.1) is 0 Å². The molecule has 1 aromatic carbocycles. The zero-order chi connectivity index (χ0) is 10.8. The lowest BCUT2D eigenvalue weighted by Gasteiger charge is -2.02. The van der Waals surface area contributed by atoms with Gasteiger partial charge in [-0.2, -0.15) is 0 Å². The normalized spacial score (nSPS) is 12.8. The molecule has 16 heavy (non-hydrogen) atoms. The van der Waals surface area contributed by atoms with E-state index in [4.69, 9.17) is 14.2 Å². The highest BCUT2D eigenvalue weighted by molar-refractivity contribution is 5.44. The maximum absolute atomic E-state index is 5.33. The van der Waals surface area contributed by atoms with E-state index in [1.165, 1.54) is 6.20 Å². The summed E-state index contributed by atoms with van der Waals surface area (Å²) in [5, 5.41) is 6.98. The number of hydrogen-bond donors (Lipinski definition) is 0. The fraction of sp³-hybridized carbons (Fsp3) is 0.200. The van der Waals surface area contributed by atoms with Gasteiger partial charge in [0, 0.05) is 0 Å². The van der Waals surface area contributed by atoms with Crippen LogP contribution >= 0.6 is 0 Å². The summed E-state index contributed by atoms with van der Waals surface area (Å²) in [7, 11) is 0. The molecule has 0 aliphatic carbocycles. The predicted octanol–water partition coefficient (Wildman–Crippen LogP) is 1.38. The first-order valence-corrected chi connectivity index (χ1v) is 4.71. The third-order valence-electron chi connectivity index (χ3n) is 2.16. The molecule has 0 unspecified atom stereocenters. The van der Waals surface area contributed by atoms with Crippen LogP contribution in [-0.2, 0) is 6.61 Å². The van der Waals surface area contributed by atoms with E-state index >= 15 is 0 Å². The number of hydrogen-bond acceptors (Lipinski definition) is 6. The lowest BCUT2D eigenvalue weighted by atomic mass is 10.2. The summed E-state index contributed by atoms with van der Waals surface area (Å²) >= 11 is 0. The summed E-state index contributed by atoms with van der Waals surface area (Å²) in [4.78, 5) is 0. The zero-order valence-corrected chi connectivity index (χ0v) is 8.25. The summed E-state index contributed by atoms with van der Waals surface area (Å²) in [5.41, 5.74) is 0.965. The van der Waals surface area contributed by atoms with Crippen molar-refractivity contribution in [3.8, 4) is 17.4 Å². The first kappa shape index (κ1) is 9.02. The fourth-order valence-electron chi connectivity index (χ4n) is 1.41. The van der Waals surface area contributed by atoms with Crippen molar-refractivity contribution in [3.63, 3.8) is 0 Å². The van der Waals surface area contributed by atoms with Gasteiger partial charge in [-0.1, -0.05) is 11.2 Å². The lowest BCUT2D eigenvalue weighted by molar-refractivity contribution is 0.174. The summed E-state index contributed by atoms with van der Waals surface area (Å²) in [5.74, 6) is 1.85. The largest absolute Gasteiger partial charge is 0.469 e. The number of benzene rings is 1. The molecule has 0 radical (unpaired) electrons. The molecule has 3 rings (SSSR count). The van der Waals surface area contributed by atoms with E-state index in [1.807, 2.05) is 18.2 Å². The minimum atomic E-state index is 0.271. The molecule has 82 valence electrons. The van der Waals surface area contributed by atoms with Crippen LogP contribution in [0.5, 0.6) is 17.4 Å². The monoisotopic (exact) mass is 220 g/mol. The number of rotatable bonds is 3. The molecule has 6 nitrogen and oxygen atoms in total. The zero-order valence-electron chi connectivity index (χ0n) is 8.25. The Morgan fingerprint density at radius 2 is 2.19 bits per heavy atom. The van der Waals surface area contributed by atoms with Gasteiger partial charge in [-0.3, -0.25) is 0 Å². The number of ether oxygens (including phenoxy) is 3. The predicted molar refractivity (Wildman–Crippen MR) is 51.2 cm³/mol. The summed E-state index contributed by atoms with van der Waals surface area (Å²) < 4.78 is 20.2. The SMILES string of the molecule is c1cc2c(cc1COc1cnon1)OCO2. The maximum Gasteiger partial charge on any atom is 0.276 e. The van der Waals surface area contributed by atoms with E-state index < -0.39 is 0 Å². The van der Waals surface area contributed by atoms with Gasteiger partial charge in [0.25, 0.3) is 5.88 Å². The maximum atomic E-state index is 5.33. The van der Waals surface area contributed by atoms with Crippen LogP contribution in [0.15, 0.2) is 29.0 Å². The van der Waals surface area contributed by atoms with Crippen LogP contribution in [0.25, 0.3) is 0 Å². The van der Waals surface area contributed by atoms with E-state index in [-0.39, 0.29) is 6.79 Å². The van der Waals surface area contributed by atoms with Gasteiger partial charge in [0.2, 0.25) is 6.79 Å². The Morgan fingerprint density at radius 1 is 1.25 bits per heavy atom. The molecule has 0 N–H and O–H groups in total. The van der Waals surface area contributed by atoms with Gasteiger partial charge < -0.3 is 14.2 Å². The van der Waals surface area contributed by atoms with Crippen LogP contribution in [-0.4, -0.2) is 17.1 Å². The average molecular weight is 220 g/mol. The molecule has 1 aliphatic heterocycles. The Hall–Kier alpha value is -2.24. The first-order valence-electron chi connectivity index (χ1n) is 4.71. The van der Waals surface area contributed by atoms with Crippen molar-refractivity contribution in [2.75, 3.05) is 6.79 Å². The molecule has 2 aromatic rings. The highest BCUT2D eigenvalue weighted by Crippen LogP contribution is 2.32. The number of aromatic nitrogens is 2. The van der Waals surface area contributed by atoms with E-state index in [0.717, 1.165) is 17.1 Å². The van der Waals surface area contributed by atoms with Crippen LogP contribution in [0.4, 0.5) is 0 Å². The minimum absolute atomic E-state index is 0.271. The number of nitrogens with zero attached hydrogens (tertiary/aromatic N) is 2.